The normalized spacial score (nSPS) is 36.9. The molecule has 0 aliphatic carbocycles. The molecule has 0 amide bonds. The fraction of sp³-hybridized carbons (Fsp3) is 0.571. The lowest BCUT2D eigenvalue weighted by Gasteiger charge is -2.09. The number of carbonyl (C=O) groups is 1. The van der Waals surface area contributed by atoms with Crippen LogP contribution in [0.5, 0.6) is 0 Å². The molecule has 1 N–H and O–H groups in total. The van der Waals surface area contributed by atoms with E-state index in [0.29, 0.717) is 6.16 Å². The molecule has 1 aliphatic rings. The molecule has 0 radical (unpaired) electrons. The fourth-order valence-corrected chi connectivity index (χ4v) is 3.71. The van der Waals surface area contributed by atoms with Crippen LogP contribution in [0.1, 0.15) is 6.92 Å². The zero-order valence-electron chi connectivity index (χ0n) is 6.57. The largest absolute Gasteiger partial charge is 0.480 e. The Hall–Kier alpha value is -0.560. The Kier molecular flexibility index (Phi) is 1.93. The number of hydrogen-bond acceptors (Lipinski definition) is 2. The van der Waals surface area contributed by atoms with Crippen LogP contribution < -0.4 is 0 Å². The standard InChI is InChI=1S/C7H11O3P/c1-5-3-6(7(8)9)11(2,10)4-5/h3,6H,4H2,1-2H3,(H,8,9)/t6-,11+/m0/s1. The highest BCUT2D eigenvalue weighted by Crippen LogP contribution is 2.53. The van der Waals surface area contributed by atoms with Gasteiger partial charge in [-0.2, -0.15) is 0 Å². The molecule has 3 nitrogen and oxygen atoms in total. The lowest BCUT2D eigenvalue weighted by molar-refractivity contribution is -0.135. The van der Waals surface area contributed by atoms with E-state index in [2.05, 4.69) is 0 Å². The molecular formula is C7H11O3P. The van der Waals surface area contributed by atoms with Gasteiger partial charge in [-0.05, 0) is 13.6 Å². The lowest BCUT2D eigenvalue weighted by atomic mass is 10.3. The van der Waals surface area contributed by atoms with Gasteiger partial charge in [-0.3, -0.25) is 4.79 Å². The Morgan fingerprint density at radius 3 is 2.55 bits per heavy atom. The van der Waals surface area contributed by atoms with Crippen molar-refractivity contribution in [3.63, 3.8) is 0 Å². The van der Waals surface area contributed by atoms with Crippen molar-refractivity contribution in [2.75, 3.05) is 12.8 Å². The molecule has 0 spiro atoms. The third-order valence-electron chi connectivity index (χ3n) is 1.85. The Morgan fingerprint density at radius 2 is 2.36 bits per heavy atom. The predicted molar refractivity (Wildman–Crippen MR) is 43.6 cm³/mol. The van der Waals surface area contributed by atoms with Crippen molar-refractivity contribution in [1.29, 1.82) is 0 Å². The summed E-state index contributed by atoms with van der Waals surface area (Å²) in [4.78, 5) is 10.5. The molecule has 4 heteroatoms. The van der Waals surface area contributed by atoms with Gasteiger partial charge in [0.05, 0.1) is 0 Å². The van der Waals surface area contributed by atoms with E-state index < -0.39 is 18.8 Å². The smallest absolute Gasteiger partial charge is 0.317 e. The van der Waals surface area contributed by atoms with Gasteiger partial charge in [-0.15, -0.1) is 0 Å². The van der Waals surface area contributed by atoms with Crippen LogP contribution in [0.2, 0.25) is 0 Å². The molecule has 2 atom stereocenters. The summed E-state index contributed by atoms with van der Waals surface area (Å²) in [5.74, 6) is -0.965. The van der Waals surface area contributed by atoms with Crippen LogP contribution in [0.4, 0.5) is 0 Å². The first-order valence-corrected chi connectivity index (χ1v) is 5.80. The average molecular weight is 174 g/mol. The van der Waals surface area contributed by atoms with Crippen LogP contribution in [0.3, 0.4) is 0 Å². The van der Waals surface area contributed by atoms with Crippen molar-refractivity contribution < 1.29 is 14.5 Å². The quantitative estimate of drug-likeness (QED) is 0.482. The molecule has 0 aromatic rings. The van der Waals surface area contributed by atoms with E-state index in [4.69, 9.17) is 5.11 Å². The van der Waals surface area contributed by atoms with Gasteiger partial charge >= 0.3 is 5.97 Å². The first-order valence-electron chi connectivity index (χ1n) is 3.40. The van der Waals surface area contributed by atoms with Gasteiger partial charge in [0.25, 0.3) is 0 Å². The van der Waals surface area contributed by atoms with Crippen molar-refractivity contribution in [2.45, 2.75) is 12.6 Å². The number of rotatable bonds is 1. The highest BCUT2D eigenvalue weighted by Gasteiger charge is 2.37. The molecule has 0 aromatic heterocycles. The molecule has 11 heavy (non-hydrogen) atoms. The van der Waals surface area contributed by atoms with E-state index in [1.165, 1.54) is 0 Å². The van der Waals surface area contributed by atoms with E-state index >= 15 is 0 Å². The third kappa shape index (κ3) is 1.54. The maximum absolute atomic E-state index is 11.6. The highest BCUT2D eigenvalue weighted by molar-refractivity contribution is 7.65. The Balaban J connectivity index is 2.96. The average Bonchev–Trinajstić information content (AvgIpc) is 2.04. The summed E-state index contributed by atoms with van der Waals surface area (Å²) in [5, 5.41) is 8.65. The second kappa shape index (κ2) is 2.49. The number of carboxylic acid groups (broad SMARTS) is 1. The maximum atomic E-state index is 11.6. The number of allylic oxidation sites excluding steroid dienone is 1. The molecule has 0 saturated heterocycles. The van der Waals surface area contributed by atoms with Crippen molar-refractivity contribution in [3.8, 4) is 0 Å². The molecule has 62 valence electrons. The third-order valence-corrected chi connectivity index (χ3v) is 4.52. The molecule has 1 rings (SSSR count). The zero-order valence-corrected chi connectivity index (χ0v) is 7.47. The summed E-state index contributed by atoms with van der Waals surface area (Å²) in [5.41, 5.74) is 0.200. The van der Waals surface area contributed by atoms with Crippen LogP contribution in [-0.2, 0) is 9.36 Å². The first kappa shape index (κ1) is 8.54. The van der Waals surface area contributed by atoms with Gasteiger partial charge in [-0.1, -0.05) is 11.6 Å². The zero-order chi connectivity index (χ0) is 8.65. The van der Waals surface area contributed by atoms with E-state index in [9.17, 15) is 9.36 Å². The van der Waals surface area contributed by atoms with Crippen LogP contribution in [0.25, 0.3) is 0 Å². The predicted octanol–water partition coefficient (Wildman–Crippen LogP) is 1.39. The molecular weight excluding hydrogens is 163 g/mol. The van der Waals surface area contributed by atoms with Crippen molar-refractivity contribution in [3.05, 3.63) is 11.6 Å². The van der Waals surface area contributed by atoms with Gasteiger partial charge in [0.2, 0.25) is 0 Å². The van der Waals surface area contributed by atoms with Crippen LogP contribution >= 0.6 is 7.14 Å². The Labute approximate surface area is 65.5 Å². The number of hydrogen-bond donors (Lipinski definition) is 1. The molecule has 0 saturated carbocycles. The SMILES string of the molecule is CC1=C[C@@H](C(=O)O)[P@](C)(=O)C1. The van der Waals surface area contributed by atoms with Gasteiger partial charge in [0.15, 0.2) is 0 Å². The first-order chi connectivity index (χ1) is 4.93. The molecule has 1 heterocycles. The monoisotopic (exact) mass is 174 g/mol. The van der Waals surface area contributed by atoms with Gasteiger partial charge in [-0.25, -0.2) is 0 Å². The van der Waals surface area contributed by atoms with Crippen molar-refractivity contribution in [1.82, 2.24) is 0 Å². The molecule has 0 fully saturated rings. The van der Waals surface area contributed by atoms with E-state index in [0.717, 1.165) is 5.57 Å². The molecule has 0 aromatic carbocycles. The summed E-state index contributed by atoms with van der Waals surface area (Å²) in [6.07, 6.45) is 2.06. The van der Waals surface area contributed by atoms with Crippen molar-refractivity contribution >= 4 is 13.1 Å². The minimum Gasteiger partial charge on any atom is -0.480 e. The van der Waals surface area contributed by atoms with Gasteiger partial charge in [0, 0.05) is 6.16 Å². The Morgan fingerprint density at radius 1 is 1.82 bits per heavy atom. The van der Waals surface area contributed by atoms with Crippen LogP contribution in [0.15, 0.2) is 11.6 Å². The second-order valence-electron chi connectivity index (χ2n) is 3.13. The number of aliphatic carboxylic acids is 1. The highest BCUT2D eigenvalue weighted by atomic mass is 31.2. The van der Waals surface area contributed by atoms with E-state index in [-0.39, 0.29) is 0 Å². The Bertz CT molecular complexity index is 267. The van der Waals surface area contributed by atoms with E-state index in [1.807, 2.05) is 6.92 Å². The molecule has 1 aliphatic heterocycles. The maximum Gasteiger partial charge on any atom is 0.317 e. The van der Waals surface area contributed by atoms with E-state index in [1.54, 1.807) is 12.7 Å². The summed E-state index contributed by atoms with van der Waals surface area (Å²) >= 11 is 0. The number of carboxylic acids is 1. The van der Waals surface area contributed by atoms with Gasteiger partial charge in [0.1, 0.15) is 12.8 Å². The minimum atomic E-state index is -2.46. The van der Waals surface area contributed by atoms with Crippen LogP contribution in [0, 0.1) is 0 Å². The minimum absolute atomic E-state index is 0.462. The van der Waals surface area contributed by atoms with Crippen LogP contribution in [-0.4, -0.2) is 29.6 Å². The molecule has 0 unspecified atom stereocenters. The topological polar surface area (TPSA) is 54.4 Å². The fourth-order valence-electron chi connectivity index (χ4n) is 1.38. The molecule has 0 bridgehead atoms. The summed E-state index contributed by atoms with van der Waals surface area (Å²) < 4.78 is 11.6. The second-order valence-corrected chi connectivity index (χ2v) is 6.35. The lowest BCUT2D eigenvalue weighted by Crippen LogP contribution is -2.14. The summed E-state index contributed by atoms with van der Waals surface area (Å²) in [6.45, 7) is 3.37. The summed E-state index contributed by atoms with van der Waals surface area (Å²) in [7, 11) is -2.46. The summed E-state index contributed by atoms with van der Waals surface area (Å²) in [6, 6.07) is 0. The van der Waals surface area contributed by atoms with Crippen molar-refractivity contribution in [2.24, 2.45) is 0 Å². The van der Waals surface area contributed by atoms with Gasteiger partial charge < -0.3 is 9.67 Å².